The topological polar surface area (TPSA) is 46.3 Å². The summed E-state index contributed by atoms with van der Waals surface area (Å²) in [5.41, 5.74) is 5.46. The van der Waals surface area contributed by atoms with Crippen LogP contribution in [0.3, 0.4) is 0 Å². The first-order chi connectivity index (χ1) is 8.65. The molecule has 18 heavy (non-hydrogen) atoms. The van der Waals surface area contributed by atoms with Gasteiger partial charge >= 0.3 is 0 Å². The molecule has 1 aliphatic rings. The van der Waals surface area contributed by atoms with E-state index in [0.717, 1.165) is 45.2 Å². The maximum absolute atomic E-state index is 12.2. The highest BCUT2D eigenvalue weighted by atomic mass is 16.2. The molecule has 0 aromatic rings. The zero-order valence-corrected chi connectivity index (χ0v) is 12.2. The van der Waals surface area contributed by atoms with Crippen LogP contribution in [0.4, 0.5) is 0 Å². The Kier molecular flexibility index (Phi) is 7.33. The van der Waals surface area contributed by atoms with E-state index in [4.69, 9.17) is 5.73 Å². The maximum Gasteiger partial charge on any atom is 0.222 e. The predicted octanol–water partition coefficient (Wildman–Crippen LogP) is 2.93. The van der Waals surface area contributed by atoms with Crippen molar-refractivity contribution in [2.45, 2.75) is 71.3 Å². The summed E-state index contributed by atoms with van der Waals surface area (Å²) in [5, 5.41) is 0. The van der Waals surface area contributed by atoms with Gasteiger partial charge in [-0.3, -0.25) is 4.79 Å². The molecule has 0 spiro atoms. The number of hydrogen-bond acceptors (Lipinski definition) is 2. The van der Waals surface area contributed by atoms with Crippen molar-refractivity contribution in [2.75, 3.05) is 13.1 Å². The third kappa shape index (κ3) is 6.39. The molecule has 3 nitrogen and oxygen atoms in total. The zero-order valence-electron chi connectivity index (χ0n) is 12.2. The van der Waals surface area contributed by atoms with Gasteiger partial charge in [-0.1, -0.05) is 26.7 Å². The van der Waals surface area contributed by atoms with E-state index in [-0.39, 0.29) is 0 Å². The van der Waals surface area contributed by atoms with E-state index in [0.29, 0.717) is 17.9 Å². The van der Waals surface area contributed by atoms with E-state index in [9.17, 15) is 4.79 Å². The summed E-state index contributed by atoms with van der Waals surface area (Å²) in [7, 11) is 0. The van der Waals surface area contributed by atoms with Gasteiger partial charge in [-0.05, 0) is 44.6 Å². The summed E-state index contributed by atoms with van der Waals surface area (Å²) >= 11 is 0. The van der Waals surface area contributed by atoms with Crippen LogP contribution >= 0.6 is 0 Å². The van der Waals surface area contributed by atoms with Gasteiger partial charge in [0, 0.05) is 19.0 Å². The van der Waals surface area contributed by atoms with Gasteiger partial charge in [-0.25, -0.2) is 0 Å². The normalized spacial score (nSPS) is 15.1. The second-order valence-corrected chi connectivity index (χ2v) is 5.95. The second kappa shape index (κ2) is 8.52. The lowest BCUT2D eigenvalue weighted by Gasteiger charge is -2.23. The van der Waals surface area contributed by atoms with Gasteiger partial charge in [-0.15, -0.1) is 0 Å². The Bertz CT molecular complexity index is 237. The zero-order chi connectivity index (χ0) is 13.4. The van der Waals surface area contributed by atoms with Crippen molar-refractivity contribution in [1.29, 1.82) is 0 Å². The minimum Gasteiger partial charge on any atom is -0.340 e. The van der Waals surface area contributed by atoms with Crippen LogP contribution in [-0.2, 0) is 4.79 Å². The molecule has 0 heterocycles. The molecule has 1 fully saturated rings. The second-order valence-electron chi connectivity index (χ2n) is 5.95. The fourth-order valence-corrected chi connectivity index (χ4v) is 2.21. The molecule has 1 aliphatic carbocycles. The van der Waals surface area contributed by atoms with Gasteiger partial charge in [-0.2, -0.15) is 0 Å². The molecule has 2 N–H and O–H groups in total. The van der Waals surface area contributed by atoms with Crippen LogP contribution in [-0.4, -0.2) is 29.9 Å². The first-order valence-electron chi connectivity index (χ1n) is 7.64. The first kappa shape index (κ1) is 15.5. The average molecular weight is 254 g/mol. The van der Waals surface area contributed by atoms with Crippen molar-refractivity contribution in [1.82, 2.24) is 4.90 Å². The lowest BCUT2D eigenvalue weighted by molar-refractivity contribution is -0.132. The average Bonchev–Trinajstić information content (AvgIpc) is 3.13. The Hall–Kier alpha value is -0.570. The van der Waals surface area contributed by atoms with Gasteiger partial charge in [0.15, 0.2) is 0 Å². The van der Waals surface area contributed by atoms with Gasteiger partial charge in [0.2, 0.25) is 5.91 Å². The Morgan fingerprint density at radius 3 is 2.44 bits per heavy atom. The van der Waals surface area contributed by atoms with Gasteiger partial charge < -0.3 is 10.6 Å². The van der Waals surface area contributed by atoms with E-state index in [1.54, 1.807) is 0 Å². The van der Waals surface area contributed by atoms with Crippen molar-refractivity contribution >= 4 is 5.91 Å². The fourth-order valence-electron chi connectivity index (χ4n) is 2.21. The van der Waals surface area contributed by atoms with Crippen LogP contribution in [0.15, 0.2) is 0 Å². The molecule has 0 aromatic carbocycles. The molecule has 1 rings (SSSR count). The minimum absolute atomic E-state index is 0.380. The molecule has 0 aliphatic heterocycles. The Morgan fingerprint density at radius 2 is 1.89 bits per heavy atom. The summed E-state index contributed by atoms with van der Waals surface area (Å²) < 4.78 is 0. The first-order valence-corrected chi connectivity index (χ1v) is 7.64. The highest BCUT2D eigenvalue weighted by molar-refractivity contribution is 5.76. The van der Waals surface area contributed by atoms with Crippen LogP contribution in [0, 0.1) is 5.92 Å². The molecule has 106 valence electrons. The minimum atomic E-state index is 0.380. The maximum atomic E-state index is 12.2. The smallest absolute Gasteiger partial charge is 0.222 e. The molecule has 0 saturated heterocycles. The van der Waals surface area contributed by atoms with Crippen molar-refractivity contribution in [3.63, 3.8) is 0 Å². The number of carbonyl (C=O) groups is 1. The van der Waals surface area contributed by atoms with Crippen molar-refractivity contribution in [3.8, 4) is 0 Å². The van der Waals surface area contributed by atoms with E-state index in [1.807, 2.05) is 0 Å². The SMILES string of the molecule is CC(C)CCN(C(=O)CCCCCCN)C1CC1. The molecule has 1 saturated carbocycles. The number of rotatable bonds is 10. The molecule has 3 heteroatoms. The van der Waals surface area contributed by atoms with E-state index >= 15 is 0 Å². The fraction of sp³-hybridized carbons (Fsp3) is 0.933. The van der Waals surface area contributed by atoms with Gasteiger partial charge in [0.25, 0.3) is 0 Å². The largest absolute Gasteiger partial charge is 0.340 e. The number of unbranched alkanes of at least 4 members (excludes halogenated alkanes) is 3. The molecule has 0 aromatic heterocycles. The third-order valence-corrected chi connectivity index (χ3v) is 3.60. The van der Waals surface area contributed by atoms with E-state index < -0.39 is 0 Å². The van der Waals surface area contributed by atoms with Gasteiger partial charge in [0.05, 0.1) is 0 Å². The molecule has 0 bridgehead atoms. The van der Waals surface area contributed by atoms with Crippen molar-refractivity contribution in [2.24, 2.45) is 11.7 Å². The number of nitrogens with zero attached hydrogens (tertiary/aromatic N) is 1. The number of amides is 1. The molecular weight excluding hydrogens is 224 g/mol. The highest BCUT2D eigenvalue weighted by Gasteiger charge is 2.31. The molecule has 0 atom stereocenters. The standard InChI is InChI=1S/C15H30N2O/c1-13(2)10-12-17(14-8-9-14)15(18)7-5-3-4-6-11-16/h13-14H,3-12,16H2,1-2H3. The summed E-state index contributed by atoms with van der Waals surface area (Å²) in [5.74, 6) is 1.06. The third-order valence-electron chi connectivity index (χ3n) is 3.60. The van der Waals surface area contributed by atoms with Crippen molar-refractivity contribution < 1.29 is 4.79 Å². The lowest BCUT2D eigenvalue weighted by atomic mass is 10.1. The van der Waals surface area contributed by atoms with Gasteiger partial charge in [0.1, 0.15) is 0 Å². The number of carbonyl (C=O) groups excluding carboxylic acids is 1. The predicted molar refractivity (Wildman–Crippen MR) is 76.3 cm³/mol. The quantitative estimate of drug-likeness (QED) is 0.609. The van der Waals surface area contributed by atoms with Crippen molar-refractivity contribution in [3.05, 3.63) is 0 Å². The lowest BCUT2D eigenvalue weighted by Crippen LogP contribution is -2.34. The Labute approximate surface area is 112 Å². The highest BCUT2D eigenvalue weighted by Crippen LogP contribution is 2.28. The summed E-state index contributed by atoms with van der Waals surface area (Å²) in [4.78, 5) is 14.3. The summed E-state index contributed by atoms with van der Waals surface area (Å²) in [6.07, 6.45) is 8.74. The number of hydrogen-bond donors (Lipinski definition) is 1. The Balaban J connectivity index is 2.18. The van der Waals surface area contributed by atoms with Crippen LogP contribution in [0.25, 0.3) is 0 Å². The molecule has 1 amide bonds. The number of nitrogens with two attached hydrogens (primary N) is 1. The van der Waals surface area contributed by atoms with Crippen LogP contribution in [0.2, 0.25) is 0 Å². The molecule has 0 unspecified atom stereocenters. The monoisotopic (exact) mass is 254 g/mol. The summed E-state index contributed by atoms with van der Waals surface area (Å²) in [6.45, 7) is 6.19. The van der Waals surface area contributed by atoms with Crippen LogP contribution in [0.1, 0.15) is 65.2 Å². The van der Waals surface area contributed by atoms with E-state index in [2.05, 4.69) is 18.7 Å². The molecular formula is C15H30N2O. The van der Waals surface area contributed by atoms with Crippen LogP contribution in [0.5, 0.6) is 0 Å². The van der Waals surface area contributed by atoms with Crippen LogP contribution < -0.4 is 5.73 Å². The van der Waals surface area contributed by atoms with E-state index in [1.165, 1.54) is 19.3 Å². The Morgan fingerprint density at radius 1 is 1.22 bits per heavy atom. The summed E-state index contributed by atoms with van der Waals surface area (Å²) in [6, 6.07) is 0.570. The molecule has 0 radical (unpaired) electrons.